The maximum absolute atomic E-state index is 13.7. The van der Waals surface area contributed by atoms with Crippen molar-refractivity contribution in [3.63, 3.8) is 0 Å². The van der Waals surface area contributed by atoms with Gasteiger partial charge in [0.05, 0.1) is 0 Å². The second-order valence-electron chi connectivity index (χ2n) is 13.1. The van der Waals surface area contributed by atoms with Crippen LogP contribution in [0.5, 0.6) is 11.5 Å². The molecule has 0 heterocycles. The van der Waals surface area contributed by atoms with Gasteiger partial charge < -0.3 is 9.05 Å². The van der Waals surface area contributed by atoms with E-state index in [0.29, 0.717) is 11.5 Å². The summed E-state index contributed by atoms with van der Waals surface area (Å²) in [5.74, 6) is 0.884. The minimum atomic E-state index is -4.13. The van der Waals surface area contributed by atoms with Crippen molar-refractivity contribution in [2.45, 2.75) is 105 Å². The fourth-order valence-electron chi connectivity index (χ4n) is 3.61. The lowest BCUT2D eigenvalue weighted by molar-refractivity contribution is 0.309. The van der Waals surface area contributed by atoms with E-state index in [4.69, 9.17) is 25.9 Å². The van der Waals surface area contributed by atoms with Gasteiger partial charge in [0, 0.05) is 11.1 Å². The third-order valence-electron chi connectivity index (χ3n) is 5.82. The first-order chi connectivity index (χ1) is 15.2. The van der Waals surface area contributed by atoms with Crippen molar-refractivity contribution in [2.75, 3.05) is 0 Å². The Hall–Kier alpha value is -1.42. The van der Waals surface area contributed by atoms with E-state index >= 15 is 0 Å². The summed E-state index contributed by atoms with van der Waals surface area (Å²) in [6.07, 6.45) is 0. The van der Waals surface area contributed by atoms with E-state index in [9.17, 15) is 4.57 Å². The number of phosphoric acid groups is 1. The van der Waals surface area contributed by atoms with Gasteiger partial charge in [-0.3, -0.25) is 0 Å². The Balaban J connectivity index is 2.55. The van der Waals surface area contributed by atoms with Crippen molar-refractivity contribution in [3.8, 4) is 11.5 Å². The average Bonchev–Trinajstić information content (AvgIpc) is 2.65. The summed E-state index contributed by atoms with van der Waals surface area (Å²) in [6, 6.07) is 11.8. The predicted octanol–water partition coefficient (Wildman–Crippen LogP) is 9.57. The first kappa shape index (κ1) is 28.8. The minimum Gasteiger partial charge on any atom is -0.394 e. The first-order valence-electron chi connectivity index (χ1n) is 11.8. The molecule has 34 heavy (non-hydrogen) atoms. The molecule has 0 fully saturated rings. The lowest BCUT2D eigenvalue weighted by atomic mass is 9.80. The van der Waals surface area contributed by atoms with Crippen LogP contribution in [0.1, 0.15) is 105 Å². The van der Waals surface area contributed by atoms with E-state index in [-0.39, 0.29) is 21.7 Å². The van der Waals surface area contributed by atoms with Gasteiger partial charge in [-0.05, 0) is 44.9 Å². The van der Waals surface area contributed by atoms with Gasteiger partial charge in [-0.25, -0.2) is 4.57 Å². The molecular formula is C28H42O4PS. The van der Waals surface area contributed by atoms with Gasteiger partial charge in [0.2, 0.25) is 0 Å². The molecule has 0 amide bonds. The van der Waals surface area contributed by atoms with E-state index in [1.54, 1.807) is 0 Å². The van der Waals surface area contributed by atoms with Gasteiger partial charge in [-0.15, -0.1) is 0 Å². The average molecular weight is 506 g/mol. The minimum absolute atomic E-state index is 0.0380. The largest absolute Gasteiger partial charge is 0.600 e. The van der Waals surface area contributed by atoms with Crippen molar-refractivity contribution >= 4 is 20.7 Å². The molecule has 0 atom stereocenters. The molecule has 0 aliphatic carbocycles. The highest BCUT2D eigenvalue weighted by atomic mass is 32.1. The van der Waals surface area contributed by atoms with Gasteiger partial charge in [-0.2, -0.15) is 3.97 Å². The number of benzene rings is 2. The summed E-state index contributed by atoms with van der Waals surface area (Å²) in [5.41, 5.74) is 3.56. The molecular weight excluding hydrogens is 463 g/mol. The molecule has 0 aromatic heterocycles. The molecule has 2 rings (SSSR count). The van der Waals surface area contributed by atoms with Crippen LogP contribution in [0.25, 0.3) is 0 Å². The van der Waals surface area contributed by atoms with E-state index in [0.717, 1.165) is 22.3 Å². The van der Waals surface area contributed by atoms with Crippen molar-refractivity contribution in [1.82, 2.24) is 0 Å². The Labute approximate surface area is 213 Å². The molecule has 0 unspecified atom stereocenters. The van der Waals surface area contributed by atoms with Crippen LogP contribution < -0.4 is 9.05 Å². The summed E-state index contributed by atoms with van der Waals surface area (Å²) in [6.45, 7) is 25.5. The van der Waals surface area contributed by atoms with Gasteiger partial charge >= 0.3 is 7.82 Å². The summed E-state index contributed by atoms with van der Waals surface area (Å²) in [4.78, 5) is 0. The van der Waals surface area contributed by atoms with E-state index in [1.165, 1.54) is 0 Å². The smallest absolute Gasteiger partial charge is 0.394 e. The van der Waals surface area contributed by atoms with Gasteiger partial charge in [0.1, 0.15) is 24.4 Å². The number of rotatable bonds is 5. The molecule has 0 N–H and O–H groups in total. The van der Waals surface area contributed by atoms with E-state index < -0.39 is 7.82 Å². The zero-order valence-corrected chi connectivity index (χ0v) is 24.7. The van der Waals surface area contributed by atoms with Crippen LogP contribution in [-0.4, -0.2) is 0 Å². The van der Waals surface area contributed by atoms with Gasteiger partial charge in [0.25, 0.3) is 0 Å². The topological polar surface area (TPSA) is 44.8 Å². The Bertz CT molecular complexity index is 982. The SMILES string of the molecule is CC(C)(C)c1ccc(OP(=O)(O[S])Oc2ccc(C(C)(C)C)cc2C(C)(C)C)c(C(C)(C)C)c1. The van der Waals surface area contributed by atoms with Crippen molar-refractivity contribution < 1.29 is 17.6 Å². The molecule has 0 spiro atoms. The van der Waals surface area contributed by atoms with Crippen molar-refractivity contribution in [3.05, 3.63) is 58.7 Å². The van der Waals surface area contributed by atoms with Crippen LogP contribution >= 0.6 is 20.7 Å². The molecule has 4 nitrogen and oxygen atoms in total. The highest BCUT2D eigenvalue weighted by Gasteiger charge is 2.36. The van der Waals surface area contributed by atoms with Crippen LogP contribution in [0.2, 0.25) is 0 Å². The van der Waals surface area contributed by atoms with Crippen LogP contribution in [0.15, 0.2) is 36.4 Å². The number of hydrogen-bond acceptors (Lipinski definition) is 4. The maximum Gasteiger partial charge on any atom is 0.600 e. The zero-order valence-electron chi connectivity index (χ0n) is 23.0. The molecule has 2 aromatic rings. The number of phosphoric ester groups is 1. The Morgan fingerprint density at radius 2 is 0.912 bits per heavy atom. The molecule has 0 bridgehead atoms. The summed E-state index contributed by atoms with van der Waals surface area (Å²) < 4.78 is 30.5. The fraction of sp³-hybridized carbons (Fsp3) is 0.571. The molecule has 2 aromatic carbocycles. The highest BCUT2D eigenvalue weighted by molar-refractivity contribution is 7.80. The van der Waals surface area contributed by atoms with Gasteiger partial charge in [0.15, 0.2) is 0 Å². The highest BCUT2D eigenvalue weighted by Crippen LogP contribution is 2.54. The second-order valence-corrected chi connectivity index (χ2v) is 15.0. The van der Waals surface area contributed by atoms with Gasteiger partial charge in [-0.1, -0.05) is 107 Å². The maximum atomic E-state index is 13.7. The molecule has 0 saturated heterocycles. The fourth-order valence-corrected chi connectivity index (χ4v) is 4.70. The zero-order chi connectivity index (χ0) is 26.3. The first-order valence-corrected chi connectivity index (χ1v) is 13.6. The lowest BCUT2D eigenvalue weighted by Gasteiger charge is -2.29. The molecule has 189 valence electrons. The third kappa shape index (κ3) is 7.06. The van der Waals surface area contributed by atoms with Crippen molar-refractivity contribution in [1.29, 1.82) is 0 Å². The predicted molar refractivity (Wildman–Crippen MR) is 145 cm³/mol. The van der Waals surface area contributed by atoms with Crippen LogP contribution in [0.3, 0.4) is 0 Å². The van der Waals surface area contributed by atoms with E-state index in [1.807, 2.05) is 24.3 Å². The Kier molecular flexibility index (Phi) is 8.10. The van der Waals surface area contributed by atoms with Crippen LogP contribution in [-0.2, 0) is 30.2 Å². The van der Waals surface area contributed by atoms with Crippen LogP contribution in [0, 0.1) is 0 Å². The summed E-state index contributed by atoms with van der Waals surface area (Å²) in [5, 5.41) is 0. The second kappa shape index (κ2) is 9.56. The summed E-state index contributed by atoms with van der Waals surface area (Å²) >= 11 is 4.82. The quantitative estimate of drug-likeness (QED) is 0.380. The lowest BCUT2D eigenvalue weighted by Crippen LogP contribution is -2.19. The summed E-state index contributed by atoms with van der Waals surface area (Å²) in [7, 11) is -4.13. The molecule has 1 radical (unpaired) electrons. The molecule has 0 aliphatic rings. The third-order valence-corrected chi connectivity index (χ3v) is 7.39. The monoisotopic (exact) mass is 505 g/mol. The molecule has 6 heteroatoms. The number of hydrogen-bond donors (Lipinski definition) is 0. The normalized spacial score (nSPS) is 13.7. The standard InChI is InChI=1S/C28H42O4PS/c1-25(2,3)19-13-15-23(21(17-19)27(7,8)9)30-33(29,32-34)31-24-16-14-20(26(4,5)6)18-22(24)28(10,11)12/h13-18H,1-12H3. The Morgan fingerprint density at radius 3 is 1.15 bits per heavy atom. The molecule has 0 aliphatic heterocycles. The van der Waals surface area contributed by atoms with Crippen LogP contribution in [0.4, 0.5) is 0 Å². The molecule has 0 saturated carbocycles. The Morgan fingerprint density at radius 1 is 0.588 bits per heavy atom. The van der Waals surface area contributed by atoms with Crippen molar-refractivity contribution in [2.24, 2.45) is 0 Å². The van der Waals surface area contributed by atoms with E-state index in [2.05, 4.69) is 95.2 Å².